The maximum atomic E-state index is 11.7. The lowest BCUT2D eigenvalue weighted by Gasteiger charge is -2.14. The molecule has 1 aromatic rings. The first-order valence-electron chi connectivity index (χ1n) is 5.85. The summed E-state index contributed by atoms with van der Waals surface area (Å²) in [6.07, 6.45) is 1.56. The van der Waals surface area contributed by atoms with Crippen LogP contribution in [0, 0.1) is 0 Å². The molecule has 1 atom stereocenters. The van der Waals surface area contributed by atoms with E-state index in [4.69, 9.17) is 11.6 Å². The molecule has 5 nitrogen and oxygen atoms in total. The molecule has 1 saturated heterocycles. The van der Waals surface area contributed by atoms with Gasteiger partial charge in [0.25, 0.3) is 0 Å². The normalized spacial score (nSPS) is 19.5. The van der Waals surface area contributed by atoms with Crippen LogP contribution in [-0.4, -0.2) is 33.2 Å². The quantitative estimate of drug-likeness (QED) is 0.859. The van der Waals surface area contributed by atoms with Crippen molar-refractivity contribution in [3.63, 3.8) is 0 Å². The summed E-state index contributed by atoms with van der Waals surface area (Å²) in [6, 6.07) is 4.82. The van der Waals surface area contributed by atoms with Gasteiger partial charge in [-0.3, -0.25) is 4.79 Å². The van der Waals surface area contributed by atoms with Crippen molar-refractivity contribution < 1.29 is 13.2 Å². The number of rotatable bonds is 4. The molecule has 1 unspecified atom stereocenters. The summed E-state index contributed by atoms with van der Waals surface area (Å²) < 4.78 is 23.4. The molecule has 1 heterocycles. The Morgan fingerprint density at radius 1 is 1.47 bits per heavy atom. The average Bonchev–Trinajstić information content (AvgIpc) is 2.72. The second-order valence-corrected chi connectivity index (χ2v) is 6.97. The van der Waals surface area contributed by atoms with Crippen LogP contribution in [0.5, 0.6) is 0 Å². The Labute approximate surface area is 117 Å². The highest BCUT2D eigenvalue weighted by Gasteiger charge is 2.22. The van der Waals surface area contributed by atoms with E-state index in [2.05, 4.69) is 10.6 Å². The Kier molecular flexibility index (Phi) is 4.13. The molecular formula is C12H15ClN2O3S. The molecule has 0 aliphatic carbocycles. The van der Waals surface area contributed by atoms with Crippen molar-refractivity contribution in [2.75, 3.05) is 12.8 Å². The van der Waals surface area contributed by atoms with E-state index in [1.807, 2.05) is 0 Å². The Hall–Kier alpha value is -1.11. The number of sulfone groups is 1. The molecule has 19 heavy (non-hydrogen) atoms. The molecule has 2 rings (SSSR count). The van der Waals surface area contributed by atoms with Gasteiger partial charge in [-0.25, -0.2) is 8.42 Å². The smallest absolute Gasteiger partial charge is 0.221 e. The van der Waals surface area contributed by atoms with E-state index >= 15 is 0 Å². The van der Waals surface area contributed by atoms with Crippen LogP contribution < -0.4 is 10.6 Å². The zero-order valence-corrected chi connectivity index (χ0v) is 12.0. The SMILES string of the molecule is CS(=O)(=O)c1cccc(Cl)c1CNC1CNC(=O)C1. The largest absolute Gasteiger partial charge is 0.354 e. The molecule has 0 saturated carbocycles. The summed E-state index contributed by atoms with van der Waals surface area (Å²) >= 11 is 6.06. The number of halogens is 1. The van der Waals surface area contributed by atoms with Gasteiger partial charge in [0.05, 0.1) is 4.90 Å². The molecule has 1 aliphatic heterocycles. The van der Waals surface area contributed by atoms with Crippen LogP contribution >= 0.6 is 11.6 Å². The van der Waals surface area contributed by atoms with E-state index in [1.54, 1.807) is 12.1 Å². The van der Waals surface area contributed by atoms with Gasteiger partial charge in [-0.1, -0.05) is 17.7 Å². The molecule has 7 heteroatoms. The van der Waals surface area contributed by atoms with E-state index in [0.29, 0.717) is 30.1 Å². The summed E-state index contributed by atoms with van der Waals surface area (Å²) in [5.74, 6) is -0.00000450. The van der Waals surface area contributed by atoms with Crippen molar-refractivity contribution in [3.05, 3.63) is 28.8 Å². The van der Waals surface area contributed by atoms with E-state index < -0.39 is 9.84 Å². The fourth-order valence-corrected chi connectivity index (χ4v) is 3.31. The third-order valence-corrected chi connectivity index (χ3v) is 4.56. The molecule has 0 bridgehead atoms. The summed E-state index contributed by atoms with van der Waals surface area (Å²) in [4.78, 5) is 11.3. The first kappa shape index (κ1) is 14.3. The number of amides is 1. The highest BCUT2D eigenvalue weighted by atomic mass is 35.5. The van der Waals surface area contributed by atoms with Crippen LogP contribution in [0.1, 0.15) is 12.0 Å². The van der Waals surface area contributed by atoms with Crippen molar-refractivity contribution in [2.45, 2.75) is 23.9 Å². The monoisotopic (exact) mass is 302 g/mol. The minimum absolute atomic E-state index is 0.00000450. The number of benzene rings is 1. The molecule has 1 aliphatic rings. The Balaban J connectivity index is 2.18. The topological polar surface area (TPSA) is 75.3 Å². The van der Waals surface area contributed by atoms with Gasteiger partial charge in [0.1, 0.15) is 0 Å². The first-order valence-corrected chi connectivity index (χ1v) is 8.12. The predicted molar refractivity (Wildman–Crippen MR) is 72.8 cm³/mol. The van der Waals surface area contributed by atoms with Crippen LogP contribution in [0.3, 0.4) is 0 Å². The first-order chi connectivity index (χ1) is 8.88. The van der Waals surface area contributed by atoms with Gasteiger partial charge in [0.15, 0.2) is 9.84 Å². The van der Waals surface area contributed by atoms with Crippen molar-refractivity contribution in [2.24, 2.45) is 0 Å². The van der Waals surface area contributed by atoms with Gasteiger partial charge < -0.3 is 10.6 Å². The number of carbonyl (C=O) groups is 1. The average molecular weight is 303 g/mol. The maximum Gasteiger partial charge on any atom is 0.221 e. The van der Waals surface area contributed by atoms with Gasteiger partial charge >= 0.3 is 0 Å². The molecule has 0 spiro atoms. The highest BCUT2D eigenvalue weighted by molar-refractivity contribution is 7.90. The highest BCUT2D eigenvalue weighted by Crippen LogP contribution is 2.24. The van der Waals surface area contributed by atoms with E-state index in [9.17, 15) is 13.2 Å². The summed E-state index contributed by atoms with van der Waals surface area (Å²) in [7, 11) is -3.32. The Morgan fingerprint density at radius 2 is 2.21 bits per heavy atom. The minimum Gasteiger partial charge on any atom is -0.354 e. The molecule has 1 fully saturated rings. The van der Waals surface area contributed by atoms with Gasteiger partial charge in [0.2, 0.25) is 5.91 Å². The van der Waals surface area contributed by atoms with Crippen molar-refractivity contribution in [3.8, 4) is 0 Å². The molecule has 1 aromatic carbocycles. The van der Waals surface area contributed by atoms with Crippen LogP contribution in [0.15, 0.2) is 23.1 Å². The third kappa shape index (κ3) is 3.46. The van der Waals surface area contributed by atoms with Gasteiger partial charge in [-0.2, -0.15) is 0 Å². The zero-order valence-electron chi connectivity index (χ0n) is 10.4. The Morgan fingerprint density at radius 3 is 2.79 bits per heavy atom. The van der Waals surface area contributed by atoms with Crippen LogP contribution in [0.25, 0.3) is 0 Å². The third-order valence-electron chi connectivity index (χ3n) is 3.02. The Bertz CT molecular complexity index is 601. The van der Waals surface area contributed by atoms with E-state index in [-0.39, 0.29) is 16.8 Å². The standard InChI is InChI=1S/C12H15ClN2O3S/c1-19(17,18)11-4-2-3-10(13)9(11)7-14-8-5-12(16)15-6-8/h2-4,8,14H,5-7H2,1H3,(H,15,16). The fourth-order valence-electron chi connectivity index (χ4n) is 2.05. The molecule has 1 amide bonds. The van der Waals surface area contributed by atoms with E-state index in [0.717, 1.165) is 6.26 Å². The van der Waals surface area contributed by atoms with Crippen LogP contribution in [-0.2, 0) is 21.2 Å². The van der Waals surface area contributed by atoms with Gasteiger partial charge in [-0.05, 0) is 12.1 Å². The van der Waals surface area contributed by atoms with Crippen molar-refractivity contribution in [1.29, 1.82) is 0 Å². The molecular weight excluding hydrogens is 288 g/mol. The lowest BCUT2D eigenvalue weighted by Crippen LogP contribution is -2.31. The number of carbonyl (C=O) groups excluding carboxylic acids is 1. The summed E-state index contributed by atoms with van der Waals surface area (Å²) in [5.41, 5.74) is 0.547. The summed E-state index contributed by atoms with van der Waals surface area (Å²) in [6.45, 7) is 0.874. The fraction of sp³-hybridized carbons (Fsp3) is 0.417. The lowest BCUT2D eigenvalue weighted by molar-refractivity contribution is -0.119. The molecule has 104 valence electrons. The minimum atomic E-state index is -3.32. The second kappa shape index (κ2) is 5.48. The molecule has 0 radical (unpaired) electrons. The number of nitrogens with one attached hydrogen (secondary N) is 2. The van der Waals surface area contributed by atoms with Crippen molar-refractivity contribution >= 4 is 27.3 Å². The van der Waals surface area contributed by atoms with E-state index in [1.165, 1.54) is 6.07 Å². The summed E-state index contributed by atoms with van der Waals surface area (Å²) in [5, 5.41) is 6.27. The van der Waals surface area contributed by atoms with Crippen molar-refractivity contribution in [1.82, 2.24) is 10.6 Å². The predicted octanol–water partition coefficient (Wildman–Crippen LogP) is 0.722. The number of hydrogen-bond donors (Lipinski definition) is 2. The maximum absolute atomic E-state index is 11.7. The number of hydrogen-bond acceptors (Lipinski definition) is 4. The molecule has 0 aromatic heterocycles. The second-order valence-electron chi connectivity index (χ2n) is 4.57. The van der Waals surface area contributed by atoms with Gasteiger partial charge in [-0.15, -0.1) is 0 Å². The molecule has 2 N–H and O–H groups in total. The van der Waals surface area contributed by atoms with Crippen LogP contribution in [0.4, 0.5) is 0 Å². The van der Waals surface area contributed by atoms with Gasteiger partial charge in [0, 0.05) is 42.4 Å². The van der Waals surface area contributed by atoms with Crippen LogP contribution in [0.2, 0.25) is 5.02 Å². The lowest BCUT2D eigenvalue weighted by atomic mass is 10.2. The zero-order chi connectivity index (χ0) is 14.0.